The van der Waals surface area contributed by atoms with Gasteiger partial charge in [0.25, 0.3) is 5.91 Å². The van der Waals surface area contributed by atoms with E-state index in [4.69, 9.17) is 10.8 Å². The second-order valence-electron chi connectivity index (χ2n) is 4.48. The van der Waals surface area contributed by atoms with E-state index in [-0.39, 0.29) is 30.0 Å². The molecular weight excluding hydrogens is 326 g/mol. The van der Waals surface area contributed by atoms with Gasteiger partial charge in [-0.1, -0.05) is 0 Å². The number of halogens is 1. The normalized spacial score (nSPS) is 11.2. The van der Waals surface area contributed by atoms with E-state index in [9.17, 15) is 9.59 Å². The van der Waals surface area contributed by atoms with E-state index in [1.807, 2.05) is 6.26 Å². The second kappa shape index (κ2) is 11.2. The standard InChI is InChI=1S/C14H21N3O3S.ClH/c1-21-9-6-12(15)14(20)17-8-7-16-13(19)10-2-4-11(18)5-3-10;/h2-5,12,18H,6-9,15H2,1H3,(H,16,19)(H,17,20);1H. The quantitative estimate of drug-likeness (QED) is 0.519. The molecule has 1 unspecified atom stereocenters. The molecule has 6 nitrogen and oxygen atoms in total. The number of aromatic hydroxyl groups is 1. The van der Waals surface area contributed by atoms with Crippen LogP contribution >= 0.6 is 24.2 Å². The average molecular weight is 348 g/mol. The number of nitrogens with one attached hydrogen (secondary N) is 2. The summed E-state index contributed by atoms with van der Waals surface area (Å²) in [4.78, 5) is 23.4. The maximum absolute atomic E-state index is 11.7. The summed E-state index contributed by atoms with van der Waals surface area (Å²) in [7, 11) is 0. The van der Waals surface area contributed by atoms with Crippen LogP contribution in [0.4, 0.5) is 0 Å². The van der Waals surface area contributed by atoms with Crippen LogP contribution in [-0.2, 0) is 4.79 Å². The molecule has 124 valence electrons. The molecule has 22 heavy (non-hydrogen) atoms. The molecule has 2 amide bonds. The largest absolute Gasteiger partial charge is 0.508 e. The van der Waals surface area contributed by atoms with Crippen LogP contribution in [0.3, 0.4) is 0 Å². The van der Waals surface area contributed by atoms with Crippen molar-refractivity contribution in [3.8, 4) is 5.75 Å². The predicted octanol–water partition coefficient (Wildman–Crippen LogP) is 0.740. The van der Waals surface area contributed by atoms with Crippen molar-refractivity contribution in [3.05, 3.63) is 29.8 Å². The zero-order valence-electron chi connectivity index (χ0n) is 12.4. The van der Waals surface area contributed by atoms with Gasteiger partial charge in [-0.3, -0.25) is 9.59 Å². The summed E-state index contributed by atoms with van der Waals surface area (Å²) in [6.45, 7) is 0.649. The highest BCUT2D eigenvalue weighted by Gasteiger charge is 2.12. The fourth-order valence-corrected chi connectivity index (χ4v) is 2.07. The van der Waals surface area contributed by atoms with E-state index in [2.05, 4.69) is 10.6 Å². The molecule has 1 rings (SSSR count). The third-order valence-electron chi connectivity index (χ3n) is 2.81. The molecule has 0 aliphatic rings. The molecule has 0 aromatic heterocycles. The second-order valence-corrected chi connectivity index (χ2v) is 5.47. The van der Waals surface area contributed by atoms with Gasteiger partial charge in [0.1, 0.15) is 5.75 Å². The van der Waals surface area contributed by atoms with Gasteiger partial charge < -0.3 is 21.5 Å². The van der Waals surface area contributed by atoms with Crippen LogP contribution < -0.4 is 16.4 Å². The highest BCUT2D eigenvalue weighted by atomic mass is 35.5. The fraction of sp³-hybridized carbons (Fsp3) is 0.429. The number of carbonyl (C=O) groups excluding carboxylic acids is 2. The summed E-state index contributed by atoms with van der Waals surface area (Å²) in [5.74, 6) is 0.489. The van der Waals surface area contributed by atoms with Crippen LogP contribution in [0.5, 0.6) is 5.75 Å². The Kier molecular flexibility index (Phi) is 10.4. The third-order valence-corrected chi connectivity index (χ3v) is 3.45. The third kappa shape index (κ3) is 7.53. The minimum Gasteiger partial charge on any atom is -0.508 e. The maximum atomic E-state index is 11.7. The number of rotatable bonds is 8. The van der Waals surface area contributed by atoms with Crippen LogP contribution in [0.25, 0.3) is 0 Å². The predicted molar refractivity (Wildman–Crippen MR) is 91.7 cm³/mol. The number of amides is 2. The lowest BCUT2D eigenvalue weighted by atomic mass is 10.2. The first kappa shape index (κ1) is 20.6. The minimum absolute atomic E-state index is 0. The van der Waals surface area contributed by atoms with Crippen LogP contribution in [0.15, 0.2) is 24.3 Å². The first-order valence-corrected chi connectivity index (χ1v) is 8.03. The highest BCUT2D eigenvalue weighted by Crippen LogP contribution is 2.09. The Bertz CT molecular complexity index is 471. The van der Waals surface area contributed by atoms with Gasteiger partial charge in [-0.2, -0.15) is 11.8 Å². The summed E-state index contributed by atoms with van der Waals surface area (Å²) in [5, 5.41) is 14.5. The molecule has 1 aromatic rings. The Morgan fingerprint density at radius 1 is 1.23 bits per heavy atom. The zero-order valence-corrected chi connectivity index (χ0v) is 14.0. The van der Waals surface area contributed by atoms with Crippen molar-refractivity contribution in [3.63, 3.8) is 0 Å². The van der Waals surface area contributed by atoms with Gasteiger partial charge in [0.05, 0.1) is 6.04 Å². The summed E-state index contributed by atoms with van der Waals surface area (Å²) in [6.07, 6.45) is 2.59. The molecule has 0 aliphatic carbocycles. The molecule has 0 fully saturated rings. The Labute approximate surface area is 140 Å². The van der Waals surface area contributed by atoms with E-state index in [0.29, 0.717) is 25.1 Å². The first-order valence-electron chi connectivity index (χ1n) is 6.64. The number of benzene rings is 1. The van der Waals surface area contributed by atoms with Gasteiger partial charge in [0.15, 0.2) is 0 Å². The molecule has 0 radical (unpaired) electrons. The summed E-state index contributed by atoms with van der Waals surface area (Å²) < 4.78 is 0. The molecular formula is C14H22ClN3O3S. The Morgan fingerprint density at radius 2 is 1.82 bits per heavy atom. The van der Waals surface area contributed by atoms with Gasteiger partial charge >= 0.3 is 0 Å². The number of hydrogen-bond donors (Lipinski definition) is 4. The molecule has 0 saturated carbocycles. The van der Waals surface area contributed by atoms with E-state index < -0.39 is 6.04 Å². The van der Waals surface area contributed by atoms with E-state index in [1.165, 1.54) is 24.3 Å². The topological polar surface area (TPSA) is 104 Å². The average Bonchev–Trinajstić information content (AvgIpc) is 2.49. The molecule has 8 heteroatoms. The SMILES string of the molecule is CSCCC(N)C(=O)NCCNC(=O)c1ccc(O)cc1.Cl. The van der Waals surface area contributed by atoms with Crippen LogP contribution in [0, 0.1) is 0 Å². The molecule has 1 atom stereocenters. The van der Waals surface area contributed by atoms with Crippen molar-refractivity contribution in [2.75, 3.05) is 25.1 Å². The van der Waals surface area contributed by atoms with Crippen molar-refractivity contribution in [1.82, 2.24) is 10.6 Å². The number of phenols is 1. The van der Waals surface area contributed by atoms with Crippen LogP contribution in [0.1, 0.15) is 16.8 Å². The van der Waals surface area contributed by atoms with Gasteiger partial charge in [-0.05, 0) is 42.7 Å². The lowest BCUT2D eigenvalue weighted by Crippen LogP contribution is -2.43. The summed E-state index contributed by atoms with van der Waals surface area (Å²) in [5.41, 5.74) is 6.17. The minimum atomic E-state index is -0.509. The maximum Gasteiger partial charge on any atom is 0.251 e. The molecule has 0 aliphatic heterocycles. The van der Waals surface area contributed by atoms with Crippen molar-refractivity contribution in [2.45, 2.75) is 12.5 Å². The van der Waals surface area contributed by atoms with Crippen molar-refractivity contribution in [2.24, 2.45) is 5.73 Å². The smallest absolute Gasteiger partial charge is 0.251 e. The van der Waals surface area contributed by atoms with Crippen LogP contribution in [-0.4, -0.2) is 48.1 Å². The zero-order chi connectivity index (χ0) is 15.7. The van der Waals surface area contributed by atoms with Crippen molar-refractivity contribution >= 4 is 36.0 Å². The Balaban J connectivity index is 0.00000441. The Morgan fingerprint density at radius 3 is 2.41 bits per heavy atom. The molecule has 0 heterocycles. The lowest BCUT2D eigenvalue weighted by Gasteiger charge is -2.12. The monoisotopic (exact) mass is 347 g/mol. The lowest BCUT2D eigenvalue weighted by molar-refractivity contribution is -0.122. The van der Waals surface area contributed by atoms with Crippen LogP contribution in [0.2, 0.25) is 0 Å². The number of carbonyl (C=O) groups is 2. The molecule has 0 saturated heterocycles. The molecule has 0 bridgehead atoms. The molecule has 5 N–H and O–H groups in total. The first-order chi connectivity index (χ1) is 10.0. The van der Waals surface area contributed by atoms with Gasteiger partial charge in [-0.25, -0.2) is 0 Å². The molecule has 0 spiro atoms. The van der Waals surface area contributed by atoms with E-state index in [0.717, 1.165) is 5.75 Å². The summed E-state index contributed by atoms with van der Waals surface area (Å²) >= 11 is 1.64. The van der Waals surface area contributed by atoms with Gasteiger partial charge in [0.2, 0.25) is 5.91 Å². The fourth-order valence-electron chi connectivity index (χ4n) is 1.58. The number of thioether (sulfide) groups is 1. The van der Waals surface area contributed by atoms with Crippen molar-refractivity contribution in [1.29, 1.82) is 0 Å². The van der Waals surface area contributed by atoms with E-state index >= 15 is 0 Å². The van der Waals surface area contributed by atoms with Gasteiger partial charge in [0, 0.05) is 18.7 Å². The molecule has 1 aromatic carbocycles. The van der Waals surface area contributed by atoms with E-state index in [1.54, 1.807) is 11.8 Å². The number of phenolic OH excluding ortho intramolecular Hbond substituents is 1. The summed E-state index contributed by atoms with van der Waals surface area (Å²) in [6, 6.07) is 5.44. The number of nitrogens with two attached hydrogens (primary N) is 1. The Hall–Kier alpha value is -1.44. The number of hydrogen-bond acceptors (Lipinski definition) is 5. The van der Waals surface area contributed by atoms with Gasteiger partial charge in [-0.15, -0.1) is 12.4 Å². The van der Waals surface area contributed by atoms with Crippen molar-refractivity contribution < 1.29 is 14.7 Å². The highest BCUT2D eigenvalue weighted by molar-refractivity contribution is 7.98.